The Morgan fingerprint density at radius 2 is 2.29 bits per heavy atom. The third kappa shape index (κ3) is 2.10. The second-order valence-electron chi connectivity index (χ2n) is 4.48. The van der Waals surface area contributed by atoms with Gasteiger partial charge in [0.25, 0.3) is 0 Å². The average molecular weight is 318 g/mol. The number of aromatic nitrogens is 2. The lowest BCUT2D eigenvalue weighted by Crippen LogP contribution is -1.87. The average Bonchev–Trinajstić information content (AvgIpc) is 3.16. The first-order valence-electron chi connectivity index (χ1n) is 6.25. The summed E-state index contributed by atoms with van der Waals surface area (Å²) in [6, 6.07) is 3.96. The van der Waals surface area contributed by atoms with Crippen molar-refractivity contribution in [2.45, 2.75) is 13.5 Å². The molecule has 0 bridgehead atoms. The number of aryl methyl sites for hydroxylation is 1. The van der Waals surface area contributed by atoms with E-state index in [1.165, 1.54) is 6.26 Å². The molecule has 4 aromatic rings. The normalized spacial score (nSPS) is 11.5. The van der Waals surface area contributed by atoms with Crippen LogP contribution in [-0.4, -0.2) is 15.1 Å². The fourth-order valence-corrected chi connectivity index (χ4v) is 4.01. The topological polar surface area (TPSA) is 68.4 Å². The van der Waals surface area contributed by atoms with Gasteiger partial charge in [-0.05, 0) is 18.4 Å². The van der Waals surface area contributed by atoms with Crippen LogP contribution in [0.4, 0.5) is 0 Å². The molecule has 4 rings (SSSR count). The molecule has 0 unspecified atom stereocenters. The summed E-state index contributed by atoms with van der Waals surface area (Å²) in [5.74, 6) is 0.689. The molecule has 0 radical (unpaired) electrons. The Bertz CT molecular complexity index is 938. The van der Waals surface area contributed by atoms with E-state index >= 15 is 0 Å². The summed E-state index contributed by atoms with van der Waals surface area (Å²) in [7, 11) is 0. The first-order chi connectivity index (χ1) is 10.2. The van der Waals surface area contributed by atoms with Gasteiger partial charge in [-0.2, -0.15) is 4.98 Å². The number of fused-ring (bicyclic) bond motifs is 3. The molecule has 0 saturated carbocycles. The minimum atomic E-state index is -0.173. The minimum absolute atomic E-state index is 0.132. The molecule has 21 heavy (non-hydrogen) atoms. The summed E-state index contributed by atoms with van der Waals surface area (Å²) >= 11 is 3.27. The number of hydrogen-bond acceptors (Lipinski definition) is 7. The first-order valence-corrected chi connectivity index (χ1v) is 7.94. The SMILES string of the molecule is Cc1nc2c(cc(Oc3nc(CO)co3)c3ccsc32)s1. The van der Waals surface area contributed by atoms with Gasteiger partial charge in [-0.3, -0.25) is 0 Å². The summed E-state index contributed by atoms with van der Waals surface area (Å²) in [5, 5.41) is 13.0. The Morgan fingerprint density at radius 3 is 3.10 bits per heavy atom. The smallest absolute Gasteiger partial charge is 0.399 e. The summed E-state index contributed by atoms with van der Waals surface area (Å²) in [4.78, 5) is 8.63. The van der Waals surface area contributed by atoms with Crippen molar-refractivity contribution in [2.75, 3.05) is 0 Å². The highest BCUT2D eigenvalue weighted by atomic mass is 32.1. The molecule has 0 saturated heterocycles. The molecule has 5 nitrogen and oxygen atoms in total. The van der Waals surface area contributed by atoms with E-state index in [1.54, 1.807) is 22.7 Å². The molecule has 3 heterocycles. The van der Waals surface area contributed by atoms with Crippen LogP contribution in [0.1, 0.15) is 10.7 Å². The molecular weight excluding hydrogens is 308 g/mol. The number of rotatable bonds is 3. The fourth-order valence-electron chi connectivity index (χ4n) is 2.17. The summed E-state index contributed by atoms with van der Waals surface area (Å²) in [6.07, 6.45) is 1.52. The number of nitrogens with zero attached hydrogens (tertiary/aromatic N) is 2. The van der Waals surface area contributed by atoms with Gasteiger partial charge in [0.2, 0.25) is 0 Å². The maximum atomic E-state index is 9.02. The van der Waals surface area contributed by atoms with E-state index in [0.717, 1.165) is 25.3 Å². The molecule has 106 valence electrons. The Balaban J connectivity index is 1.87. The predicted octanol–water partition coefficient (Wildman–Crippen LogP) is 4.09. The molecule has 0 atom stereocenters. The number of oxazole rings is 1. The number of benzene rings is 1. The van der Waals surface area contributed by atoms with Crippen molar-refractivity contribution >= 4 is 43.0 Å². The van der Waals surface area contributed by atoms with Crippen LogP contribution in [0.15, 0.2) is 28.2 Å². The molecule has 0 spiro atoms. The van der Waals surface area contributed by atoms with Crippen LogP contribution in [0, 0.1) is 6.92 Å². The van der Waals surface area contributed by atoms with E-state index in [-0.39, 0.29) is 12.7 Å². The van der Waals surface area contributed by atoms with Crippen LogP contribution in [0.5, 0.6) is 11.8 Å². The summed E-state index contributed by atoms with van der Waals surface area (Å²) in [5.41, 5.74) is 1.46. The van der Waals surface area contributed by atoms with Gasteiger partial charge in [0.15, 0.2) is 0 Å². The van der Waals surface area contributed by atoms with Gasteiger partial charge in [-0.1, -0.05) is 0 Å². The third-order valence-corrected chi connectivity index (χ3v) is 4.90. The van der Waals surface area contributed by atoms with Crippen LogP contribution in [-0.2, 0) is 6.61 Å². The van der Waals surface area contributed by atoms with Crippen LogP contribution >= 0.6 is 22.7 Å². The Hall–Kier alpha value is -1.96. The molecule has 1 N–H and O–H groups in total. The number of thiophene rings is 1. The quantitative estimate of drug-likeness (QED) is 0.616. The van der Waals surface area contributed by atoms with E-state index < -0.39 is 0 Å². The van der Waals surface area contributed by atoms with Gasteiger partial charge in [0.05, 0.1) is 26.5 Å². The zero-order chi connectivity index (χ0) is 14.4. The van der Waals surface area contributed by atoms with Crippen LogP contribution in [0.25, 0.3) is 20.3 Å². The fraction of sp³-hybridized carbons (Fsp3) is 0.143. The Labute approximate surface area is 127 Å². The molecule has 0 aliphatic carbocycles. The van der Waals surface area contributed by atoms with E-state index in [0.29, 0.717) is 11.4 Å². The lowest BCUT2D eigenvalue weighted by atomic mass is 10.2. The standard InChI is InChI=1S/C14H10N2O3S2/c1-7-15-12-11(21-7)4-10(9-2-3-20-13(9)12)19-14-16-8(5-17)6-18-14/h2-4,6,17H,5H2,1H3. The number of ether oxygens (including phenoxy) is 1. The van der Waals surface area contributed by atoms with Crippen molar-refractivity contribution in [1.82, 2.24) is 9.97 Å². The molecule has 1 aromatic carbocycles. The summed E-state index contributed by atoms with van der Waals surface area (Å²) in [6.45, 7) is 1.82. The highest BCUT2D eigenvalue weighted by Gasteiger charge is 2.15. The van der Waals surface area contributed by atoms with Crippen molar-refractivity contribution in [3.8, 4) is 11.8 Å². The van der Waals surface area contributed by atoms with Crippen molar-refractivity contribution in [3.63, 3.8) is 0 Å². The molecule has 3 aromatic heterocycles. The van der Waals surface area contributed by atoms with Crippen molar-refractivity contribution in [1.29, 1.82) is 0 Å². The van der Waals surface area contributed by atoms with Crippen LogP contribution in [0.3, 0.4) is 0 Å². The van der Waals surface area contributed by atoms with E-state index in [9.17, 15) is 0 Å². The minimum Gasteiger partial charge on any atom is -0.417 e. The van der Waals surface area contributed by atoms with Crippen molar-refractivity contribution in [2.24, 2.45) is 0 Å². The highest BCUT2D eigenvalue weighted by molar-refractivity contribution is 7.21. The van der Waals surface area contributed by atoms with Crippen molar-refractivity contribution in [3.05, 3.63) is 34.5 Å². The zero-order valence-corrected chi connectivity index (χ0v) is 12.6. The van der Waals surface area contributed by atoms with Gasteiger partial charge < -0.3 is 14.3 Å². The number of aliphatic hydroxyl groups excluding tert-OH is 1. The van der Waals surface area contributed by atoms with Gasteiger partial charge in [0.1, 0.15) is 17.7 Å². The molecule has 7 heteroatoms. The Kier molecular flexibility index (Phi) is 2.91. The molecule has 0 amide bonds. The number of hydrogen-bond donors (Lipinski definition) is 1. The molecule has 0 fully saturated rings. The second-order valence-corrected chi connectivity index (χ2v) is 6.63. The van der Waals surface area contributed by atoms with E-state index in [2.05, 4.69) is 9.97 Å². The molecule has 0 aliphatic heterocycles. The van der Waals surface area contributed by atoms with Gasteiger partial charge in [0, 0.05) is 11.5 Å². The maximum absolute atomic E-state index is 9.02. The lowest BCUT2D eigenvalue weighted by molar-refractivity contribution is 0.276. The maximum Gasteiger partial charge on any atom is 0.399 e. The monoisotopic (exact) mass is 318 g/mol. The van der Waals surface area contributed by atoms with E-state index in [1.807, 2.05) is 24.4 Å². The van der Waals surface area contributed by atoms with Gasteiger partial charge in [-0.15, -0.1) is 22.7 Å². The van der Waals surface area contributed by atoms with Gasteiger partial charge >= 0.3 is 6.08 Å². The van der Waals surface area contributed by atoms with Crippen LogP contribution < -0.4 is 4.74 Å². The third-order valence-electron chi connectivity index (χ3n) is 3.06. The number of thiazole rings is 1. The summed E-state index contributed by atoms with van der Waals surface area (Å²) < 4.78 is 13.1. The number of aliphatic hydroxyl groups is 1. The lowest BCUT2D eigenvalue weighted by Gasteiger charge is -2.03. The second kappa shape index (κ2) is 4.80. The van der Waals surface area contributed by atoms with Crippen molar-refractivity contribution < 1.29 is 14.3 Å². The van der Waals surface area contributed by atoms with E-state index in [4.69, 9.17) is 14.3 Å². The molecular formula is C14H10N2O3S2. The Morgan fingerprint density at radius 1 is 1.38 bits per heavy atom. The highest BCUT2D eigenvalue weighted by Crippen LogP contribution is 2.40. The van der Waals surface area contributed by atoms with Gasteiger partial charge in [-0.25, -0.2) is 4.98 Å². The largest absolute Gasteiger partial charge is 0.417 e. The molecule has 0 aliphatic rings. The zero-order valence-electron chi connectivity index (χ0n) is 11.0. The predicted molar refractivity (Wildman–Crippen MR) is 82.2 cm³/mol. The van der Waals surface area contributed by atoms with Crippen LogP contribution in [0.2, 0.25) is 0 Å². The first kappa shape index (κ1) is 12.8.